The molecule has 1 aromatic rings. The Morgan fingerprint density at radius 1 is 1.44 bits per heavy atom. The molecular formula is C12H18ClFN2. The largest absolute Gasteiger partial charge is 0.315 e. The van der Waals surface area contributed by atoms with Gasteiger partial charge in [0.2, 0.25) is 0 Å². The predicted molar refractivity (Wildman–Crippen MR) is 66.5 cm³/mol. The number of halogens is 2. The Bertz CT molecular complexity index is 342. The van der Waals surface area contributed by atoms with Crippen molar-refractivity contribution in [2.24, 2.45) is 0 Å². The average molecular weight is 245 g/mol. The molecule has 1 aromatic carbocycles. The van der Waals surface area contributed by atoms with Crippen molar-refractivity contribution in [1.82, 2.24) is 10.2 Å². The summed E-state index contributed by atoms with van der Waals surface area (Å²) in [6.07, 6.45) is 0.727. The van der Waals surface area contributed by atoms with Crippen molar-refractivity contribution >= 4 is 11.6 Å². The molecule has 16 heavy (non-hydrogen) atoms. The lowest BCUT2D eigenvalue weighted by Crippen LogP contribution is -2.37. The highest BCUT2D eigenvalue weighted by Gasteiger charge is 2.12. The van der Waals surface area contributed by atoms with Gasteiger partial charge in [0.25, 0.3) is 0 Å². The third-order valence-electron chi connectivity index (χ3n) is 2.49. The molecular weight excluding hydrogens is 227 g/mol. The molecule has 0 saturated heterocycles. The molecule has 1 N–H and O–H groups in total. The summed E-state index contributed by atoms with van der Waals surface area (Å²) < 4.78 is 13.2. The second-order valence-corrected chi connectivity index (χ2v) is 4.54. The highest BCUT2D eigenvalue weighted by molar-refractivity contribution is 6.31. The molecule has 0 spiro atoms. The highest BCUT2D eigenvalue weighted by Crippen LogP contribution is 2.20. The Hall–Kier alpha value is -0.640. The summed E-state index contributed by atoms with van der Waals surface area (Å²) in [6.45, 7) is 0.892. The zero-order valence-electron chi connectivity index (χ0n) is 9.93. The first-order valence-corrected chi connectivity index (χ1v) is 5.67. The fraction of sp³-hybridized carbons (Fsp3) is 0.500. The molecule has 4 heteroatoms. The number of nitrogens with zero attached hydrogens (tertiary/aromatic N) is 1. The van der Waals surface area contributed by atoms with Gasteiger partial charge in [-0.2, -0.15) is 0 Å². The SMILES string of the molecule is CNC(Cc1cccc(F)c1Cl)CN(C)C. The van der Waals surface area contributed by atoms with Crippen LogP contribution in [-0.2, 0) is 6.42 Å². The first kappa shape index (κ1) is 13.4. The lowest BCUT2D eigenvalue weighted by atomic mass is 10.1. The Labute approximate surface area is 101 Å². The third-order valence-corrected chi connectivity index (χ3v) is 2.91. The molecule has 0 aliphatic heterocycles. The first-order chi connectivity index (χ1) is 7.54. The van der Waals surface area contributed by atoms with E-state index in [-0.39, 0.29) is 16.9 Å². The molecule has 0 saturated carbocycles. The Balaban J connectivity index is 2.74. The number of nitrogens with one attached hydrogen (secondary N) is 1. The fourth-order valence-electron chi connectivity index (χ4n) is 1.67. The maximum atomic E-state index is 13.2. The van der Waals surface area contributed by atoms with Crippen LogP contribution in [0.3, 0.4) is 0 Å². The molecule has 1 unspecified atom stereocenters. The Kier molecular flexibility index (Phi) is 5.19. The summed E-state index contributed by atoms with van der Waals surface area (Å²) in [7, 11) is 5.93. The number of likely N-dealkylation sites (N-methyl/N-ethyl adjacent to an activating group) is 2. The summed E-state index contributed by atoms with van der Waals surface area (Å²) in [5.41, 5.74) is 0.850. The molecule has 90 valence electrons. The van der Waals surface area contributed by atoms with E-state index in [1.165, 1.54) is 6.07 Å². The molecule has 0 aliphatic carbocycles. The van der Waals surface area contributed by atoms with Crippen molar-refractivity contribution in [1.29, 1.82) is 0 Å². The van der Waals surface area contributed by atoms with Crippen molar-refractivity contribution in [3.63, 3.8) is 0 Å². The maximum Gasteiger partial charge on any atom is 0.142 e. The van der Waals surface area contributed by atoms with Crippen molar-refractivity contribution in [2.45, 2.75) is 12.5 Å². The van der Waals surface area contributed by atoms with Crippen LogP contribution in [0.4, 0.5) is 4.39 Å². The van der Waals surface area contributed by atoms with E-state index in [0.29, 0.717) is 0 Å². The standard InChI is InChI=1S/C12H18ClFN2/c1-15-10(8-16(2)3)7-9-5-4-6-11(14)12(9)13/h4-6,10,15H,7-8H2,1-3H3. The highest BCUT2D eigenvalue weighted by atomic mass is 35.5. The minimum absolute atomic E-state index is 0.238. The van der Waals surface area contributed by atoms with E-state index in [9.17, 15) is 4.39 Å². The number of hydrogen-bond acceptors (Lipinski definition) is 2. The van der Waals surface area contributed by atoms with E-state index in [2.05, 4.69) is 10.2 Å². The van der Waals surface area contributed by atoms with Crippen molar-refractivity contribution in [3.8, 4) is 0 Å². The summed E-state index contributed by atoms with van der Waals surface area (Å²) in [4.78, 5) is 2.09. The fourth-order valence-corrected chi connectivity index (χ4v) is 1.87. The maximum absolute atomic E-state index is 13.2. The van der Waals surface area contributed by atoms with Crippen molar-refractivity contribution in [3.05, 3.63) is 34.6 Å². The van der Waals surface area contributed by atoms with Gasteiger partial charge in [-0.05, 0) is 39.2 Å². The topological polar surface area (TPSA) is 15.3 Å². The van der Waals surface area contributed by atoms with Gasteiger partial charge in [-0.3, -0.25) is 0 Å². The summed E-state index contributed by atoms with van der Waals surface area (Å²) in [6, 6.07) is 5.21. The lowest BCUT2D eigenvalue weighted by Gasteiger charge is -2.21. The molecule has 1 atom stereocenters. The predicted octanol–water partition coefficient (Wildman–Crippen LogP) is 2.17. The van der Waals surface area contributed by atoms with Crippen LogP contribution in [0.5, 0.6) is 0 Å². The molecule has 0 amide bonds. The average Bonchev–Trinajstić information content (AvgIpc) is 2.23. The van der Waals surface area contributed by atoms with E-state index >= 15 is 0 Å². The van der Waals surface area contributed by atoms with Gasteiger partial charge >= 0.3 is 0 Å². The van der Waals surface area contributed by atoms with Crippen molar-refractivity contribution < 1.29 is 4.39 Å². The van der Waals surface area contributed by atoms with E-state index in [1.807, 2.05) is 27.2 Å². The van der Waals surface area contributed by atoms with E-state index in [4.69, 9.17) is 11.6 Å². The summed E-state index contributed by atoms with van der Waals surface area (Å²) in [5.74, 6) is -0.348. The zero-order chi connectivity index (χ0) is 12.1. The van der Waals surface area contributed by atoms with Crippen LogP contribution in [0.15, 0.2) is 18.2 Å². The van der Waals surface area contributed by atoms with Crippen LogP contribution in [0.1, 0.15) is 5.56 Å². The lowest BCUT2D eigenvalue weighted by molar-refractivity contribution is 0.346. The van der Waals surface area contributed by atoms with E-state index < -0.39 is 0 Å². The van der Waals surface area contributed by atoms with Gasteiger partial charge in [0.1, 0.15) is 5.82 Å². The van der Waals surface area contributed by atoms with Crippen LogP contribution in [-0.4, -0.2) is 38.6 Å². The van der Waals surface area contributed by atoms with Gasteiger partial charge in [-0.25, -0.2) is 4.39 Å². The molecule has 0 radical (unpaired) electrons. The van der Waals surface area contributed by atoms with Crippen LogP contribution in [0.25, 0.3) is 0 Å². The second kappa shape index (κ2) is 6.18. The van der Waals surface area contributed by atoms with Gasteiger partial charge in [-0.15, -0.1) is 0 Å². The Morgan fingerprint density at radius 2 is 2.12 bits per heavy atom. The summed E-state index contributed by atoms with van der Waals surface area (Å²) >= 11 is 5.91. The van der Waals surface area contributed by atoms with Crippen LogP contribution in [0, 0.1) is 5.82 Å². The van der Waals surface area contributed by atoms with Crippen LogP contribution in [0.2, 0.25) is 5.02 Å². The quantitative estimate of drug-likeness (QED) is 0.854. The minimum atomic E-state index is -0.348. The molecule has 2 nitrogen and oxygen atoms in total. The molecule has 0 aliphatic rings. The zero-order valence-corrected chi connectivity index (χ0v) is 10.7. The monoisotopic (exact) mass is 244 g/mol. The second-order valence-electron chi connectivity index (χ2n) is 4.16. The molecule has 0 fully saturated rings. The van der Waals surface area contributed by atoms with Gasteiger partial charge in [0, 0.05) is 12.6 Å². The number of benzene rings is 1. The Morgan fingerprint density at radius 3 is 2.69 bits per heavy atom. The van der Waals surface area contributed by atoms with Gasteiger partial charge in [0.05, 0.1) is 5.02 Å². The van der Waals surface area contributed by atoms with Crippen LogP contribution >= 0.6 is 11.6 Å². The molecule has 1 rings (SSSR count). The molecule has 0 heterocycles. The van der Waals surface area contributed by atoms with Crippen LogP contribution < -0.4 is 5.32 Å². The number of hydrogen-bond donors (Lipinski definition) is 1. The van der Waals surface area contributed by atoms with E-state index in [0.717, 1.165) is 18.5 Å². The molecule has 0 bridgehead atoms. The first-order valence-electron chi connectivity index (χ1n) is 5.29. The number of rotatable bonds is 5. The van der Waals surface area contributed by atoms with Gasteiger partial charge in [0.15, 0.2) is 0 Å². The smallest absolute Gasteiger partial charge is 0.142 e. The van der Waals surface area contributed by atoms with Gasteiger partial charge < -0.3 is 10.2 Å². The minimum Gasteiger partial charge on any atom is -0.315 e. The van der Waals surface area contributed by atoms with Gasteiger partial charge in [-0.1, -0.05) is 23.7 Å². The van der Waals surface area contributed by atoms with E-state index in [1.54, 1.807) is 6.07 Å². The third kappa shape index (κ3) is 3.74. The normalized spacial score (nSPS) is 13.1. The summed E-state index contributed by atoms with van der Waals surface area (Å²) in [5, 5.41) is 3.44. The molecule has 0 aromatic heterocycles. The van der Waals surface area contributed by atoms with Crippen molar-refractivity contribution in [2.75, 3.05) is 27.7 Å².